The summed E-state index contributed by atoms with van der Waals surface area (Å²) in [5.41, 5.74) is 14.0. The Morgan fingerprint density at radius 3 is 2.85 bits per heavy atom. The van der Waals surface area contributed by atoms with Crippen molar-refractivity contribution in [2.24, 2.45) is 5.73 Å². The molecule has 3 aromatic rings. The standard InChI is InChI=1S/C22H22F2N6O2S/c23-13-4-1-5-14(24)16(13)22-29-17(19(26)33-22)20(31)28-15-9-27-21-12(6-8-32-21)18(15)30-7-2-3-11(25)10-30/h1,4-5,9,11H,2-3,6-8,10,25-26H2,(H,28,31). The van der Waals surface area contributed by atoms with Crippen molar-refractivity contribution in [1.82, 2.24) is 9.97 Å². The number of carbonyl (C=O) groups is 1. The van der Waals surface area contributed by atoms with E-state index in [1.807, 2.05) is 0 Å². The lowest BCUT2D eigenvalue weighted by atomic mass is 10.0. The molecule has 5 rings (SSSR count). The average molecular weight is 473 g/mol. The second kappa shape index (κ2) is 8.56. The highest BCUT2D eigenvalue weighted by Crippen LogP contribution is 2.40. The first-order chi connectivity index (χ1) is 15.9. The summed E-state index contributed by atoms with van der Waals surface area (Å²) in [7, 11) is 0. The molecule has 11 heteroatoms. The van der Waals surface area contributed by atoms with Crippen LogP contribution >= 0.6 is 11.3 Å². The first kappa shape index (κ1) is 21.5. The molecule has 172 valence electrons. The third-order valence-electron chi connectivity index (χ3n) is 5.77. The number of carbonyl (C=O) groups excluding carboxylic acids is 1. The summed E-state index contributed by atoms with van der Waals surface area (Å²) in [6.45, 7) is 1.96. The summed E-state index contributed by atoms with van der Waals surface area (Å²) in [4.78, 5) is 23.7. The van der Waals surface area contributed by atoms with Crippen LogP contribution in [0.5, 0.6) is 5.88 Å². The quantitative estimate of drug-likeness (QED) is 0.534. The molecule has 1 atom stereocenters. The second-order valence-corrected chi connectivity index (χ2v) is 9.06. The van der Waals surface area contributed by atoms with Gasteiger partial charge in [-0.1, -0.05) is 17.4 Å². The van der Waals surface area contributed by atoms with Gasteiger partial charge >= 0.3 is 0 Å². The number of fused-ring (bicyclic) bond motifs is 1. The fraction of sp³-hybridized carbons (Fsp3) is 0.318. The number of ether oxygens (including phenoxy) is 1. The lowest BCUT2D eigenvalue weighted by molar-refractivity contribution is 0.102. The third kappa shape index (κ3) is 3.98. The molecule has 1 aromatic carbocycles. The van der Waals surface area contributed by atoms with Crippen LogP contribution in [0.25, 0.3) is 10.6 Å². The number of benzene rings is 1. The van der Waals surface area contributed by atoms with E-state index in [4.69, 9.17) is 16.2 Å². The van der Waals surface area contributed by atoms with E-state index in [-0.39, 0.29) is 27.3 Å². The lowest BCUT2D eigenvalue weighted by Crippen LogP contribution is -2.43. The Bertz CT molecular complexity index is 1210. The summed E-state index contributed by atoms with van der Waals surface area (Å²) in [6.07, 6.45) is 4.08. The Kier molecular flexibility index (Phi) is 5.59. The van der Waals surface area contributed by atoms with E-state index in [1.54, 1.807) is 0 Å². The van der Waals surface area contributed by atoms with Crippen LogP contribution in [0.3, 0.4) is 0 Å². The number of hydrogen-bond donors (Lipinski definition) is 3. The number of anilines is 3. The van der Waals surface area contributed by atoms with Crippen molar-refractivity contribution in [2.75, 3.05) is 35.6 Å². The summed E-state index contributed by atoms with van der Waals surface area (Å²) in [5, 5.41) is 2.90. The van der Waals surface area contributed by atoms with Crippen LogP contribution in [0.2, 0.25) is 0 Å². The molecule has 2 aromatic heterocycles. The van der Waals surface area contributed by atoms with Gasteiger partial charge in [0.15, 0.2) is 5.69 Å². The molecule has 8 nitrogen and oxygen atoms in total. The van der Waals surface area contributed by atoms with Crippen LogP contribution in [-0.4, -0.2) is 41.6 Å². The van der Waals surface area contributed by atoms with Gasteiger partial charge < -0.3 is 26.4 Å². The summed E-state index contributed by atoms with van der Waals surface area (Å²) < 4.78 is 34.0. The van der Waals surface area contributed by atoms with Gasteiger partial charge in [-0.25, -0.2) is 18.7 Å². The van der Waals surface area contributed by atoms with Crippen molar-refractivity contribution in [3.63, 3.8) is 0 Å². The molecule has 1 amide bonds. The highest BCUT2D eigenvalue weighted by Gasteiger charge is 2.29. The molecule has 2 aliphatic heterocycles. The van der Waals surface area contributed by atoms with Crippen molar-refractivity contribution >= 4 is 33.6 Å². The third-order valence-corrected chi connectivity index (χ3v) is 6.67. The number of nitrogens with two attached hydrogens (primary N) is 2. The maximum absolute atomic E-state index is 14.2. The van der Waals surface area contributed by atoms with E-state index in [0.717, 1.165) is 54.1 Å². The number of pyridine rings is 1. The van der Waals surface area contributed by atoms with Crippen LogP contribution in [0, 0.1) is 11.6 Å². The lowest BCUT2D eigenvalue weighted by Gasteiger charge is -2.34. The fourth-order valence-corrected chi connectivity index (χ4v) is 5.15. The minimum Gasteiger partial charge on any atom is -0.477 e. The van der Waals surface area contributed by atoms with E-state index < -0.39 is 17.5 Å². The Morgan fingerprint density at radius 1 is 1.30 bits per heavy atom. The predicted octanol–water partition coefficient (Wildman–Crippen LogP) is 3.18. The molecule has 0 spiro atoms. The van der Waals surface area contributed by atoms with Gasteiger partial charge in [0.25, 0.3) is 5.91 Å². The van der Waals surface area contributed by atoms with E-state index in [1.165, 1.54) is 12.3 Å². The summed E-state index contributed by atoms with van der Waals surface area (Å²) in [6, 6.07) is 3.55. The zero-order chi connectivity index (χ0) is 23.1. The Labute approximate surface area is 192 Å². The molecule has 2 aliphatic rings. The van der Waals surface area contributed by atoms with E-state index >= 15 is 0 Å². The number of nitrogen functional groups attached to an aromatic ring is 1. The van der Waals surface area contributed by atoms with Gasteiger partial charge in [-0.15, -0.1) is 0 Å². The number of piperidine rings is 1. The van der Waals surface area contributed by atoms with Crippen LogP contribution in [-0.2, 0) is 6.42 Å². The molecule has 1 fully saturated rings. The number of hydrogen-bond acceptors (Lipinski definition) is 8. The Hall–Kier alpha value is -3.31. The number of nitrogens with zero attached hydrogens (tertiary/aromatic N) is 3. The SMILES string of the molecule is Nc1sc(-c2c(F)cccc2F)nc1C(=O)Nc1cnc2c(c1N1CCCC(N)C1)CCO2. The van der Waals surface area contributed by atoms with Crippen LogP contribution in [0.1, 0.15) is 28.9 Å². The van der Waals surface area contributed by atoms with E-state index in [9.17, 15) is 13.6 Å². The van der Waals surface area contributed by atoms with E-state index in [2.05, 4.69) is 20.2 Å². The zero-order valence-corrected chi connectivity index (χ0v) is 18.4. The molecule has 0 bridgehead atoms. The highest BCUT2D eigenvalue weighted by atomic mass is 32.1. The Balaban J connectivity index is 1.48. The van der Waals surface area contributed by atoms with Gasteiger partial charge in [0.2, 0.25) is 5.88 Å². The van der Waals surface area contributed by atoms with Crippen LogP contribution in [0.4, 0.5) is 25.2 Å². The topological polar surface area (TPSA) is 119 Å². The predicted molar refractivity (Wildman–Crippen MR) is 123 cm³/mol. The summed E-state index contributed by atoms with van der Waals surface area (Å²) >= 11 is 0.851. The number of aromatic nitrogens is 2. The monoisotopic (exact) mass is 472 g/mol. The molecule has 5 N–H and O–H groups in total. The normalized spacial score (nSPS) is 17.5. The minimum atomic E-state index is -0.776. The number of thiazole rings is 1. The molecule has 1 unspecified atom stereocenters. The van der Waals surface area contributed by atoms with Crippen molar-refractivity contribution in [1.29, 1.82) is 0 Å². The number of halogens is 2. The molecule has 33 heavy (non-hydrogen) atoms. The van der Waals surface area contributed by atoms with Gasteiger partial charge in [0.1, 0.15) is 21.6 Å². The number of amides is 1. The van der Waals surface area contributed by atoms with Gasteiger partial charge in [-0.05, 0) is 25.0 Å². The van der Waals surface area contributed by atoms with Gasteiger partial charge in [0.05, 0.1) is 29.7 Å². The van der Waals surface area contributed by atoms with Crippen LogP contribution in [0.15, 0.2) is 24.4 Å². The van der Waals surface area contributed by atoms with E-state index in [0.29, 0.717) is 31.1 Å². The maximum Gasteiger partial charge on any atom is 0.277 e. The van der Waals surface area contributed by atoms with Gasteiger partial charge in [-0.2, -0.15) is 0 Å². The van der Waals surface area contributed by atoms with Crippen LogP contribution < -0.4 is 26.4 Å². The molecule has 1 saturated heterocycles. The smallest absolute Gasteiger partial charge is 0.277 e. The second-order valence-electron chi connectivity index (χ2n) is 8.03. The average Bonchev–Trinajstić information content (AvgIpc) is 3.40. The maximum atomic E-state index is 14.2. The van der Waals surface area contributed by atoms with Crippen molar-refractivity contribution < 1.29 is 18.3 Å². The van der Waals surface area contributed by atoms with Gasteiger partial charge in [-0.3, -0.25) is 4.79 Å². The first-order valence-corrected chi connectivity index (χ1v) is 11.4. The highest BCUT2D eigenvalue weighted by molar-refractivity contribution is 7.19. The fourth-order valence-electron chi connectivity index (χ4n) is 4.28. The molecular formula is C22H22F2N6O2S. The first-order valence-electron chi connectivity index (χ1n) is 10.6. The molecule has 0 radical (unpaired) electrons. The molecule has 4 heterocycles. The number of rotatable bonds is 4. The zero-order valence-electron chi connectivity index (χ0n) is 17.6. The minimum absolute atomic E-state index is 0.00374. The molecule has 0 saturated carbocycles. The Morgan fingerprint density at radius 2 is 2.09 bits per heavy atom. The van der Waals surface area contributed by atoms with Crippen molar-refractivity contribution in [3.8, 4) is 16.5 Å². The van der Waals surface area contributed by atoms with Crippen molar-refractivity contribution in [3.05, 3.63) is 47.3 Å². The molecule has 0 aliphatic carbocycles. The summed E-state index contributed by atoms with van der Waals surface area (Å²) in [5.74, 6) is -1.59. The molecular weight excluding hydrogens is 450 g/mol. The van der Waals surface area contributed by atoms with Crippen molar-refractivity contribution in [2.45, 2.75) is 25.3 Å². The van der Waals surface area contributed by atoms with Gasteiger partial charge in [0, 0.05) is 31.1 Å². The number of nitrogens with one attached hydrogen (secondary N) is 1. The largest absolute Gasteiger partial charge is 0.477 e.